The highest BCUT2D eigenvalue weighted by molar-refractivity contribution is 5.54. The smallest absolute Gasteiger partial charge is 0.348 e. The van der Waals surface area contributed by atoms with E-state index in [9.17, 15) is 13.2 Å². The Hall–Kier alpha value is -3.03. The van der Waals surface area contributed by atoms with Gasteiger partial charge in [0.25, 0.3) is 0 Å². The predicted octanol–water partition coefficient (Wildman–Crippen LogP) is 3.47. The van der Waals surface area contributed by atoms with Gasteiger partial charge >= 0.3 is 6.18 Å². The molecule has 0 N–H and O–H groups in total. The van der Waals surface area contributed by atoms with Crippen LogP contribution < -0.4 is 4.90 Å². The van der Waals surface area contributed by atoms with E-state index in [1.807, 2.05) is 4.90 Å². The van der Waals surface area contributed by atoms with Crippen molar-refractivity contribution in [2.45, 2.75) is 19.3 Å². The van der Waals surface area contributed by atoms with E-state index in [0.717, 1.165) is 11.6 Å². The van der Waals surface area contributed by atoms with Gasteiger partial charge in [-0.05, 0) is 35.4 Å². The van der Waals surface area contributed by atoms with E-state index in [1.54, 1.807) is 24.5 Å². The largest absolute Gasteiger partial charge is 0.416 e. The van der Waals surface area contributed by atoms with Crippen LogP contribution in [-0.2, 0) is 19.3 Å². The second-order valence-corrected chi connectivity index (χ2v) is 5.67. The number of benzene rings is 1. The van der Waals surface area contributed by atoms with Crippen LogP contribution in [0.5, 0.6) is 0 Å². The molecule has 0 unspecified atom stereocenters. The average Bonchev–Trinajstić information content (AvgIpc) is 3.05. The van der Waals surface area contributed by atoms with Crippen molar-refractivity contribution in [1.82, 2.24) is 19.9 Å². The molecule has 25 heavy (non-hydrogen) atoms. The Morgan fingerprint density at radius 1 is 0.920 bits per heavy atom. The average molecular weight is 343 g/mol. The molecule has 1 aromatic carbocycles. The molecule has 126 valence electrons. The third-order valence-corrected chi connectivity index (χ3v) is 4.03. The summed E-state index contributed by atoms with van der Waals surface area (Å²) in [6, 6.07) is 7.30. The van der Waals surface area contributed by atoms with Gasteiger partial charge in [0.15, 0.2) is 5.82 Å². The van der Waals surface area contributed by atoms with Crippen molar-refractivity contribution >= 4 is 5.82 Å². The first kappa shape index (κ1) is 15.5. The Morgan fingerprint density at radius 2 is 1.76 bits per heavy atom. The number of nitrogens with zero attached hydrogens (tertiary/aromatic N) is 5. The molecular formula is C17H12F3N5. The zero-order valence-corrected chi connectivity index (χ0v) is 12.9. The summed E-state index contributed by atoms with van der Waals surface area (Å²) in [4.78, 5) is 18.6. The van der Waals surface area contributed by atoms with E-state index >= 15 is 0 Å². The van der Waals surface area contributed by atoms with Crippen molar-refractivity contribution in [3.63, 3.8) is 0 Å². The van der Waals surface area contributed by atoms with E-state index in [1.165, 1.54) is 18.5 Å². The number of hydrogen-bond donors (Lipinski definition) is 0. The van der Waals surface area contributed by atoms with Gasteiger partial charge in [-0.2, -0.15) is 13.2 Å². The summed E-state index contributed by atoms with van der Waals surface area (Å²) in [5, 5.41) is 0. The summed E-state index contributed by atoms with van der Waals surface area (Å²) in [6.45, 7) is 0.882. The van der Waals surface area contributed by atoms with E-state index in [4.69, 9.17) is 0 Å². The predicted molar refractivity (Wildman–Crippen MR) is 84.4 cm³/mol. The molecule has 0 saturated carbocycles. The molecule has 0 atom stereocenters. The third-order valence-electron chi connectivity index (χ3n) is 4.03. The zero-order chi connectivity index (χ0) is 17.4. The maximum atomic E-state index is 12.9. The molecule has 2 aromatic heterocycles. The summed E-state index contributed by atoms with van der Waals surface area (Å²) >= 11 is 0. The Labute approximate surface area is 141 Å². The van der Waals surface area contributed by atoms with Gasteiger partial charge in [-0.25, -0.2) is 19.9 Å². The lowest BCUT2D eigenvalue weighted by Crippen LogP contribution is -2.16. The van der Waals surface area contributed by atoms with Crippen LogP contribution >= 0.6 is 0 Å². The number of rotatable bonds is 2. The Kier molecular flexibility index (Phi) is 3.60. The Balaban J connectivity index is 1.62. The van der Waals surface area contributed by atoms with E-state index in [2.05, 4.69) is 19.9 Å². The molecule has 0 aliphatic carbocycles. The molecule has 0 spiro atoms. The third kappa shape index (κ3) is 3.02. The lowest BCUT2D eigenvalue weighted by Gasteiger charge is -2.16. The minimum Gasteiger partial charge on any atom is -0.348 e. The number of fused-ring (bicyclic) bond motifs is 1. The summed E-state index contributed by atoms with van der Waals surface area (Å²) in [7, 11) is 0. The van der Waals surface area contributed by atoms with Crippen LogP contribution in [0.1, 0.15) is 16.7 Å². The molecule has 1 aliphatic rings. The van der Waals surface area contributed by atoms with Gasteiger partial charge < -0.3 is 4.90 Å². The molecular weight excluding hydrogens is 331 g/mol. The highest BCUT2D eigenvalue weighted by Gasteiger charge is 2.32. The minimum atomic E-state index is -4.34. The molecule has 4 rings (SSSR count). The van der Waals surface area contributed by atoms with E-state index < -0.39 is 11.7 Å². The fourth-order valence-electron chi connectivity index (χ4n) is 2.80. The van der Waals surface area contributed by atoms with E-state index in [0.29, 0.717) is 36.0 Å². The molecule has 0 fully saturated rings. The van der Waals surface area contributed by atoms with Crippen LogP contribution in [0.3, 0.4) is 0 Å². The molecule has 0 radical (unpaired) electrons. The SMILES string of the molecule is FC(F)(F)c1ccc2c(c1)CN(c1ccnc(-c3ccncn3)n1)C2. The van der Waals surface area contributed by atoms with Crippen molar-refractivity contribution in [3.8, 4) is 11.5 Å². The van der Waals surface area contributed by atoms with Gasteiger partial charge in [0.05, 0.1) is 5.56 Å². The van der Waals surface area contributed by atoms with Gasteiger partial charge in [0.1, 0.15) is 17.8 Å². The quantitative estimate of drug-likeness (QED) is 0.713. The zero-order valence-electron chi connectivity index (χ0n) is 12.9. The summed E-state index contributed by atoms with van der Waals surface area (Å²) < 4.78 is 38.6. The molecule has 3 heterocycles. The van der Waals surface area contributed by atoms with Crippen molar-refractivity contribution in [3.05, 3.63) is 65.7 Å². The normalized spacial score (nSPS) is 13.8. The number of anilines is 1. The van der Waals surface area contributed by atoms with Crippen molar-refractivity contribution in [2.24, 2.45) is 0 Å². The number of aromatic nitrogens is 4. The van der Waals surface area contributed by atoms with Crippen LogP contribution in [0.2, 0.25) is 0 Å². The van der Waals surface area contributed by atoms with Crippen molar-refractivity contribution < 1.29 is 13.2 Å². The molecule has 5 nitrogen and oxygen atoms in total. The van der Waals surface area contributed by atoms with Crippen LogP contribution in [-0.4, -0.2) is 19.9 Å². The molecule has 0 bridgehead atoms. The number of hydrogen-bond acceptors (Lipinski definition) is 5. The fourth-order valence-corrected chi connectivity index (χ4v) is 2.80. The van der Waals surface area contributed by atoms with Crippen LogP contribution in [0.25, 0.3) is 11.5 Å². The maximum Gasteiger partial charge on any atom is 0.416 e. The first-order valence-corrected chi connectivity index (χ1v) is 7.54. The van der Waals surface area contributed by atoms with Gasteiger partial charge in [-0.1, -0.05) is 6.07 Å². The lowest BCUT2D eigenvalue weighted by molar-refractivity contribution is -0.137. The Morgan fingerprint density at radius 3 is 2.52 bits per heavy atom. The topological polar surface area (TPSA) is 54.8 Å². The van der Waals surface area contributed by atoms with Gasteiger partial charge in [0.2, 0.25) is 0 Å². The lowest BCUT2D eigenvalue weighted by atomic mass is 10.1. The van der Waals surface area contributed by atoms with Gasteiger partial charge in [0, 0.05) is 25.5 Å². The molecule has 0 saturated heterocycles. The maximum absolute atomic E-state index is 12.9. The summed E-state index contributed by atoms with van der Waals surface area (Å²) in [5.41, 5.74) is 1.50. The second kappa shape index (κ2) is 5.80. The second-order valence-electron chi connectivity index (χ2n) is 5.67. The van der Waals surface area contributed by atoms with Crippen molar-refractivity contribution in [2.75, 3.05) is 4.90 Å². The molecule has 1 aliphatic heterocycles. The van der Waals surface area contributed by atoms with Crippen LogP contribution in [0.15, 0.2) is 49.1 Å². The van der Waals surface area contributed by atoms with E-state index in [-0.39, 0.29) is 0 Å². The van der Waals surface area contributed by atoms with Crippen molar-refractivity contribution in [1.29, 1.82) is 0 Å². The summed E-state index contributed by atoms with van der Waals surface area (Å²) in [5.74, 6) is 1.10. The molecule has 8 heteroatoms. The van der Waals surface area contributed by atoms with Gasteiger partial charge in [-0.3, -0.25) is 0 Å². The molecule has 0 amide bonds. The first-order valence-electron chi connectivity index (χ1n) is 7.54. The Bertz CT molecular complexity index is 912. The number of alkyl halides is 3. The highest BCUT2D eigenvalue weighted by Crippen LogP contribution is 2.34. The standard InChI is InChI=1S/C17H12F3N5/c18-17(19,20)13-2-1-11-8-25(9-12(11)7-13)15-4-6-22-16(24-15)14-3-5-21-10-23-14/h1-7,10H,8-9H2. The number of halogens is 3. The molecule has 3 aromatic rings. The van der Waals surface area contributed by atoms with Gasteiger partial charge in [-0.15, -0.1) is 0 Å². The first-order chi connectivity index (χ1) is 12.0. The monoisotopic (exact) mass is 343 g/mol. The van der Waals surface area contributed by atoms with Crippen LogP contribution in [0, 0.1) is 0 Å². The van der Waals surface area contributed by atoms with Crippen LogP contribution in [0.4, 0.5) is 19.0 Å². The fraction of sp³-hybridized carbons (Fsp3) is 0.176. The minimum absolute atomic E-state index is 0.374. The summed E-state index contributed by atoms with van der Waals surface area (Å²) in [6.07, 6.45) is 0.292. The highest BCUT2D eigenvalue weighted by atomic mass is 19.4.